The number of benzene rings is 1. The molecule has 1 amide bonds. The van der Waals surface area contributed by atoms with Crippen molar-refractivity contribution in [3.63, 3.8) is 0 Å². The molecule has 0 radical (unpaired) electrons. The van der Waals surface area contributed by atoms with Crippen LogP contribution in [-0.2, 0) is 0 Å². The summed E-state index contributed by atoms with van der Waals surface area (Å²) in [6.45, 7) is -0.260. The number of rotatable bonds is 5. The Morgan fingerprint density at radius 3 is 2.90 bits per heavy atom. The predicted molar refractivity (Wildman–Crippen MR) is 74.0 cm³/mol. The van der Waals surface area contributed by atoms with Gasteiger partial charge in [-0.3, -0.25) is 4.79 Å². The van der Waals surface area contributed by atoms with Crippen LogP contribution in [0.3, 0.4) is 0 Å². The lowest BCUT2D eigenvalue weighted by Gasteiger charge is -2.14. The number of furan rings is 1. The highest BCUT2D eigenvalue weighted by atomic mass is 35.5. The number of methoxy groups -OCH3 is 1. The van der Waals surface area contributed by atoms with Gasteiger partial charge in [0.25, 0.3) is 5.91 Å². The van der Waals surface area contributed by atoms with Gasteiger partial charge in [0, 0.05) is 5.56 Å². The van der Waals surface area contributed by atoms with Gasteiger partial charge in [0.05, 0.1) is 25.0 Å². The number of nitrogens with one attached hydrogen (secondary N) is 1. The van der Waals surface area contributed by atoms with Crippen molar-refractivity contribution in [2.75, 3.05) is 13.7 Å². The molecular formula is C14H14ClNO4. The minimum atomic E-state index is -0.598. The summed E-state index contributed by atoms with van der Waals surface area (Å²) < 4.78 is 10.2. The third-order valence-electron chi connectivity index (χ3n) is 2.79. The number of carbonyl (C=O) groups excluding carboxylic acids is 1. The zero-order valence-corrected chi connectivity index (χ0v) is 11.6. The van der Waals surface area contributed by atoms with Gasteiger partial charge in [-0.15, -0.1) is 0 Å². The fourth-order valence-electron chi connectivity index (χ4n) is 1.74. The molecule has 1 unspecified atom stereocenters. The summed E-state index contributed by atoms with van der Waals surface area (Å²) in [7, 11) is 1.47. The number of halogens is 1. The van der Waals surface area contributed by atoms with Crippen molar-refractivity contribution in [1.82, 2.24) is 5.32 Å². The fraction of sp³-hybridized carbons (Fsp3) is 0.214. The molecule has 1 aromatic carbocycles. The maximum absolute atomic E-state index is 12.1. The molecule has 1 heterocycles. The molecule has 6 heteroatoms. The number of hydrogen-bond acceptors (Lipinski definition) is 4. The summed E-state index contributed by atoms with van der Waals surface area (Å²) in [5.41, 5.74) is 0.385. The van der Waals surface area contributed by atoms with Crippen molar-refractivity contribution in [3.8, 4) is 5.75 Å². The minimum absolute atomic E-state index is 0.260. The molecule has 0 saturated carbocycles. The normalized spacial score (nSPS) is 11.9. The van der Waals surface area contributed by atoms with Gasteiger partial charge in [0.1, 0.15) is 17.6 Å². The second-order valence-electron chi connectivity index (χ2n) is 4.07. The van der Waals surface area contributed by atoms with Gasteiger partial charge in [-0.1, -0.05) is 11.6 Å². The standard InChI is InChI=1S/C14H14ClNO4/c1-19-13-7-9(4-5-10(13)15)14(18)16-11(8-17)12-3-2-6-20-12/h2-7,11,17H,8H2,1H3,(H,16,18). The number of aliphatic hydroxyl groups excluding tert-OH is 1. The molecule has 2 rings (SSSR count). The SMILES string of the molecule is COc1cc(C(=O)NC(CO)c2ccco2)ccc1Cl. The molecule has 0 fully saturated rings. The second kappa shape index (κ2) is 6.45. The molecule has 0 bridgehead atoms. The van der Waals surface area contributed by atoms with E-state index in [0.717, 1.165) is 0 Å². The Morgan fingerprint density at radius 1 is 1.50 bits per heavy atom. The number of carbonyl (C=O) groups is 1. The summed E-state index contributed by atoms with van der Waals surface area (Å²) in [6, 6.07) is 7.47. The van der Waals surface area contributed by atoms with Gasteiger partial charge in [0.15, 0.2) is 0 Å². The van der Waals surface area contributed by atoms with Crippen LogP contribution in [0.4, 0.5) is 0 Å². The molecule has 0 spiro atoms. The first-order chi connectivity index (χ1) is 9.65. The Bertz CT molecular complexity index is 583. The van der Waals surface area contributed by atoms with Crippen molar-refractivity contribution in [2.24, 2.45) is 0 Å². The van der Waals surface area contributed by atoms with Crippen molar-refractivity contribution in [2.45, 2.75) is 6.04 Å². The Balaban J connectivity index is 2.15. The van der Waals surface area contributed by atoms with E-state index in [0.29, 0.717) is 22.1 Å². The summed E-state index contributed by atoms with van der Waals surface area (Å²) in [4.78, 5) is 12.1. The highest BCUT2D eigenvalue weighted by molar-refractivity contribution is 6.32. The maximum atomic E-state index is 12.1. The Kier molecular flexibility index (Phi) is 4.65. The van der Waals surface area contributed by atoms with Crippen LogP contribution in [-0.4, -0.2) is 24.7 Å². The van der Waals surface area contributed by atoms with Crippen molar-refractivity contribution < 1.29 is 19.1 Å². The Labute approximate surface area is 121 Å². The number of aliphatic hydroxyl groups is 1. The monoisotopic (exact) mass is 295 g/mol. The van der Waals surface area contributed by atoms with E-state index in [2.05, 4.69) is 5.32 Å². The third kappa shape index (κ3) is 3.12. The predicted octanol–water partition coefficient (Wildman–Crippen LogP) is 2.41. The summed E-state index contributed by atoms with van der Waals surface area (Å²) in [5.74, 6) is 0.551. The largest absolute Gasteiger partial charge is 0.495 e. The number of ether oxygens (including phenoxy) is 1. The third-order valence-corrected chi connectivity index (χ3v) is 3.10. The van der Waals surface area contributed by atoms with Gasteiger partial charge in [0.2, 0.25) is 0 Å². The molecule has 5 nitrogen and oxygen atoms in total. The van der Waals surface area contributed by atoms with E-state index in [1.54, 1.807) is 24.3 Å². The lowest BCUT2D eigenvalue weighted by molar-refractivity contribution is 0.0907. The van der Waals surface area contributed by atoms with Gasteiger partial charge >= 0.3 is 0 Å². The van der Waals surface area contributed by atoms with Crippen LogP contribution in [0.1, 0.15) is 22.2 Å². The molecule has 0 saturated heterocycles. The quantitative estimate of drug-likeness (QED) is 0.888. The molecule has 0 aliphatic carbocycles. The molecule has 0 aliphatic heterocycles. The first kappa shape index (κ1) is 14.4. The average molecular weight is 296 g/mol. The van der Waals surface area contributed by atoms with E-state index < -0.39 is 6.04 Å². The van der Waals surface area contributed by atoms with Crippen molar-refractivity contribution in [3.05, 3.63) is 52.9 Å². The molecule has 20 heavy (non-hydrogen) atoms. The zero-order chi connectivity index (χ0) is 14.5. The van der Waals surface area contributed by atoms with E-state index in [9.17, 15) is 9.90 Å². The van der Waals surface area contributed by atoms with Crippen molar-refractivity contribution >= 4 is 17.5 Å². The summed E-state index contributed by atoms with van der Waals surface area (Å²) in [6.07, 6.45) is 1.48. The van der Waals surface area contributed by atoms with Crippen LogP contribution < -0.4 is 10.1 Å². The van der Waals surface area contributed by atoms with Gasteiger partial charge in [-0.05, 0) is 30.3 Å². The molecule has 1 atom stereocenters. The second-order valence-corrected chi connectivity index (χ2v) is 4.48. The van der Waals surface area contributed by atoms with E-state index in [1.165, 1.54) is 19.4 Å². The van der Waals surface area contributed by atoms with Crippen molar-refractivity contribution in [1.29, 1.82) is 0 Å². The molecular weight excluding hydrogens is 282 g/mol. The summed E-state index contributed by atoms with van der Waals surface area (Å²) >= 11 is 5.90. The summed E-state index contributed by atoms with van der Waals surface area (Å²) in [5, 5.41) is 12.4. The molecule has 2 aromatic rings. The first-order valence-corrected chi connectivity index (χ1v) is 6.32. The fourth-order valence-corrected chi connectivity index (χ4v) is 1.93. The Morgan fingerprint density at radius 2 is 2.30 bits per heavy atom. The van der Waals surface area contributed by atoms with Crippen LogP contribution in [0.2, 0.25) is 5.02 Å². The lowest BCUT2D eigenvalue weighted by atomic mass is 10.1. The van der Waals surface area contributed by atoms with E-state index >= 15 is 0 Å². The van der Waals surface area contributed by atoms with E-state index in [4.69, 9.17) is 20.8 Å². The maximum Gasteiger partial charge on any atom is 0.252 e. The van der Waals surface area contributed by atoms with Crippen LogP contribution >= 0.6 is 11.6 Å². The molecule has 2 N–H and O–H groups in total. The van der Waals surface area contributed by atoms with Crippen LogP contribution in [0.25, 0.3) is 0 Å². The smallest absolute Gasteiger partial charge is 0.252 e. The zero-order valence-electron chi connectivity index (χ0n) is 10.8. The number of hydrogen-bond donors (Lipinski definition) is 2. The molecule has 0 aliphatic rings. The van der Waals surface area contributed by atoms with Gasteiger partial charge in [-0.2, -0.15) is 0 Å². The lowest BCUT2D eigenvalue weighted by Crippen LogP contribution is -2.30. The molecule has 106 valence electrons. The highest BCUT2D eigenvalue weighted by Crippen LogP contribution is 2.25. The van der Waals surface area contributed by atoms with Gasteiger partial charge < -0.3 is 19.6 Å². The minimum Gasteiger partial charge on any atom is -0.495 e. The topological polar surface area (TPSA) is 71.7 Å². The van der Waals surface area contributed by atoms with Crippen LogP contribution in [0.15, 0.2) is 41.0 Å². The van der Waals surface area contributed by atoms with Gasteiger partial charge in [-0.25, -0.2) is 0 Å². The average Bonchev–Trinajstić information content (AvgIpc) is 2.99. The highest BCUT2D eigenvalue weighted by Gasteiger charge is 2.18. The Hall–Kier alpha value is -1.98. The number of amides is 1. The van der Waals surface area contributed by atoms with Crippen LogP contribution in [0.5, 0.6) is 5.75 Å². The molecule has 1 aromatic heterocycles. The van der Waals surface area contributed by atoms with E-state index in [1.807, 2.05) is 0 Å². The van der Waals surface area contributed by atoms with Crippen LogP contribution in [0, 0.1) is 0 Å². The first-order valence-electron chi connectivity index (χ1n) is 5.94. The van der Waals surface area contributed by atoms with E-state index in [-0.39, 0.29) is 12.5 Å².